The Balaban J connectivity index is 1.51. The standard InChI is InChI=1S/C28H28F5N3O4/c1-2-39-27(38)20-6-4-10-36(15-20)26(37)24-17-40-25(34-24)16-35(14-19-8-9-22(29)12-23(19)30)13-18-5-3-7-21(11-18)28(31,32)33/h3,5,7-9,11-12,17,20H,2,4,6,10,13-16H2,1H3. The van der Waals surface area contributed by atoms with Crippen LogP contribution < -0.4 is 0 Å². The number of amides is 1. The Morgan fingerprint density at radius 1 is 1.12 bits per heavy atom. The molecule has 12 heteroatoms. The van der Waals surface area contributed by atoms with E-state index in [9.17, 15) is 31.5 Å². The minimum atomic E-state index is -4.54. The Kier molecular flexibility index (Phi) is 9.18. The van der Waals surface area contributed by atoms with Crippen molar-refractivity contribution in [2.24, 2.45) is 5.92 Å². The Hall–Kier alpha value is -3.80. The van der Waals surface area contributed by atoms with E-state index in [1.165, 1.54) is 29.4 Å². The molecule has 2 heterocycles. The van der Waals surface area contributed by atoms with Gasteiger partial charge in [-0.05, 0) is 37.5 Å². The lowest BCUT2D eigenvalue weighted by Crippen LogP contribution is -2.43. The molecule has 0 spiro atoms. The van der Waals surface area contributed by atoms with Gasteiger partial charge in [-0.2, -0.15) is 13.2 Å². The second-order valence-corrected chi connectivity index (χ2v) is 9.55. The van der Waals surface area contributed by atoms with Gasteiger partial charge in [-0.25, -0.2) is 13.8 Å². The molecule has 214 valence electrons. The van der Waals surface area contributed by atoms with Gasteiger partial charge in [0.15, 0.2) is 5.69 Å². The maximum atomic E-state index is 14.4. The molecule has 0 saturated carbocycles. The van der Waals surface area contributed by atoms with Crippen LogP contribution in [-0.4, -0.2) is 46.4 Å². The fraction of sp³-hybridized carbons (Fsp3) is 0.393. The number of benzene rings is 2. The highest BCUT2D eigenvalue weighted by atomic mass is 19.4. The second kappa shape index (κ2) is 12.6. The number of alkyl halides is 3. The summed E-state index contributed by atoms with van der Waals surface area (Å²) in [7, 11) is 0. The smallest absolute Gasteiger partial charge is 0.416 e. The molecule has 4 rings (SSSR count). The average molecular weight is 566 g/mol. The van der Waals surface area contributed by atoms with Crippen LogP contribution in [0.4, 0.5) is 22.0 Å². The first-order chi connectivity index (χ1) is 19.0. The molecule has 1 aromatic heterocycles. The predicted octanol–water partition coefficient (Wildman–Crippen LogP) is 5.59. The highest BCUT2D eigenvalue weighted by Gasteiger charge is 2.32. The molecule has 0 bridgehead atoms. The molecule has 40 heavy (non-hydrogen) atoms. The summed E-state index contributed by atoms with van der Waals surface area (Å²) in [6, 6.07) is 7.79. The lowest BCUT2D eigenvalue weighted by atomic mass is 9.98. The third-order valence-corrected chi connectivity index (χ3v) is 6.53. The van der Waals surface area contributed by atoms with Gasteiger partial charge in [-0.3, -0.25) is 14.5 Å². The summed E-state index contributed by atoms with van der Waals surface area (Å²) in [5.41, 5.74) is -0.399. The van der Waals surface area contributed by atoms with Crippen LogP contribution in [0.5, 0.6) is 0 Å². The van der Waals surface area contributed by atoms with E-state index in [2.05, 4.69) is 4.98 Å². The highest BCUT2D eigenvalue weighted by molar-refractivity contribution is 5.92. The van der Waals surface area contributed by atoms with Crippen LogP contribution in [0.25, 0.3) is 0 Å². The maximum Gasteiger partial charge on any atom is 0.416 e. The number of piperidine rings is 1. The Bertz CT molecular complexity index is 1340. The predicted molar refractivity (Wildman–Crippen MR) is 133 cm³/mol. The molecule has 1 unspecified atom stereocenters. The van der Waals surface area contributed by atoms with E-state index in [4.69, 9.17) is 9.15 Å². The van der Waals surface area contributed by atoms with E-state index < -0.39 is 35.2 Å². The number of carbonyl (C=O) groups is 2. The fourth-order valence-corrected chi connectivity index (χ4v) is 4.61. The van der Waals surface area contributed by atoms with E-state index in [0.29, 0.717) is 24.9 Å². The zero-order valence-corrected chi connectivity index (χ0v) is 21.7. The van der Waals surface area contributed by atoms with Crippen molar-refractivity contribution < 1.29 is 40.7 Å². The number of likely N-dealkylation sites (tertiary alicyclic amines) is 1. The largest absolute Gasteiger partial charge is 0.466 e. The highest BCUT2D eigenvalue weighted by Crippen LogP contribution is 2.30. The maximum absolute atomic E-state index is 14.4. The number of rotatable bonds is 9. The van der Waals surface area contributed by atoms with Gasteiger partial charge in [0.25, 0.3) is 5.91 Å². The lowest BCUT2D eigenvalue weighted by molar-refractivity contribution is -0.149. The number of aromatic nitrogens is 1. The van der Waals surface area contributed by atoms with Crippen LogP contribution >= 0.6 is 0 Å². The molecule has 1 aliphatic heterocycles. The number of carbonyl (C=O) groups excluding carboxylic acids is 2. The van der Waals surface area contributed by atoms with Gasteiger partial charge in [0.05, 0.1) is 24.6 Å². The molecule has 1 amide bonds. The summed E-state index contributed by atoms with van der Waals surface area (Å²) in [6.45, 7) is 2.36. The molecule has 0 N–H and O–H groups in total. The van der Waals surface area contributed by atoms with E-state index >= 15 is 0 Å². The van der Waals surface area contributed by atoms with Crippen LogP contribution in [-0.2, 0) is 35.3 Å². The van der Waals surface area contributed by atoms with E-state index in [0.717, 1.165) is 24.3 Å². The number of nitrogens with zero attached hydrogens (tertiary/aromatic N) is 3. The van der Waals surface area contributed by atoms with Crippen molar-refractivity contribution in [3.63, 3.8) is 0 Å². The van der Waals surface area contributed by atoms with Crippen molar-refractivity contribution in [2.75, 3.05) is 19.7 Å². The van der Waals surface area contributed by atoms with Gasteiger partial charge >= 0.3 is 12.1 Å². The van der Waals surface area contributed by atoms with Crippen molar-refractivity contribution in [3.05, 3.63) is 88.6 Å². The molecule has 0 radical (unpaired) electrons. The molecule has 1 atom stereocenters. The molecule has 7 nitrogen and oxygen atoms in total. The Morgan fingerprint density at radius 2 is 1.93 bits per heavy atom. The fourth-order valence-electron chi connectivity index (χ4n) is 4.61. The van der Waals surface area contributed by atoms with Crippen molar-refractivity contribution in [1.29, 1.82) is 0 Å². The van der Waals surface area contributed by atoms with Crippen LogP contribution in [0, 0.1) is 17.6 Å². The van der Waals surface area contributed by atoms with Crippen LogP contribution in [0.2, 0.25) is 0 Å². The molecule has 1 saturated heterocycles. The van der Waals surface area contributed by atoms with Crippen molar-refractivity contribution in [3.8, 4) is 0 Å². The van der Waals surface area contributed by atoms with Crippen LogP contribution in [0.15, 0.2) is 53.1 Å². The number of oxazole rings is 1. The molecule has 2 aromatic carbocycles. The summed E-state index contributed by atoms with van der Waals surface area (Å²) in [5.74, 6) is -2.71. The topological polar surface area (TPSA) is 75.9 Å². The third kappa shape index (κ3) is 7.44. The molecule has 0 aliphatic carbocycles. The van der Waals surface area contributed by atoms with Gasteiger partial charge in [-0.15, -0.1) is 0 Å². The zero-order chi connectivity index (χ0) is 28.9. The first-order valence-electron chi connectivity index (χ1n) is 12.8. The molecule has 1 aliphatic rings. The third-order valence-electron chi connectivity index (χ3n) is 6.53. The summed E-state index contributed by atoms with van der Waals surface area (Å²) in [5, 5.41) is 0. The molecular weight excluding hydrogens is 537 g/mol. The quantitative estimate of drug-likeness (QED) is 0.249. The monoisotopic (exact) mass is 565 g/mol. The first-order valence-corrected chi connectivity index (χ1v) is 12.8. The van der Waals surface area contributed by atoms with Gasteiger partial charge in [0.2, 0.25) is 5.89 Å². The molecular formula is C28H28F5N3O4. The summed E-state index contributed by atoms with van der Waals surface area (Å²) in [6.07, 6.45) is -2.14. The second-order valence-electron chi connectivity index (χ2n) is 9.55. The SMILES string of the molecule is CCOC(=O)C1CCCN(C(=O)c2coc(CN(Cc3cccc(C(F)(F)F)c3)Cc3ccc(F)cc3F)n2)C1. The van der Waals surface area contributed by atoms with Gasteiger partial charge < -0.3 is 14.1 Å². The lowest BCUT2D eigenvalue weighted by Gasteiger charge is -2.30. The van der Waals surface area contributed by atoms with E-state index in [1.54, 1.807) is 11.8 Å². The number of ether oxygens (including phenoxy) is 1. The number of halogens is 5. The van der Waals surface area contributed by atoms with Crippen LogP contribution in [0.3, 0.4) is 0 Å². The Labute approximate surface area is 227 Å². The summed E-state index contributed by atoms with van der Waals surface area (Å²) in [4.78, 5) is 32.5. The first kappa shape index (κ1) is 29.2. The normalized spacial score (nSPS) is 15.9. The van der Waals surface area contributed by atoms with E-state index in [-0.39, 0.29) is 55.9 Å². The summed E-state index contributed by atoms with van der Waals surface area (Å²) < 4.78 is 78.2. The number of hydrogen-bond donors (Lipinski definition) is 0. The van der Waals surface area contributed by atoms with Crippen molar-refractivity contribution >= 4 is 11.9 Å². The van der Waals surface area contributed by atoms with Crippen molar-refractivity contribution in [1.82, 2.24) is 14.8 Å². The number of hydrogen-bond acceptors (Lipinski definition) is 6. The molecule has 1 fully saturated rings. The minimum absolute atomic E-state index is 0.00601. The van der Waals surface area contributed by atoms with Gasteiger partial charge in [0, 0.05) is 37.8 Å². The molecule has 3 aromatic rings. The number of esters is 1. The minimum Gasteiger partial charge on any atom is -0.466 e. The van der Waals surface area contributed by atoms with Crippen LogP contribution in [0.1, 0.15) is 52.8 Å². The Morgan fingerprint density at radius 3 is 2.65 bits per heavy atom. The van der Waals surface area contributed by atoms with Gasteiger partial charge in [-0.1, -0.05) is 24.3 Å². The van der Waals surface area contributed by atoms with Crippen molar-refractivity contribution in [2.45, 2.75) is 45.6 Å². The summed E-state index contributed by atoms with van der Waals surface area (Å²) >= 11 is 0. The average Bonchev–Trinajstić information content (AvgIpc) is 3.38. The van der Waals surface area contributed by atoms with Gasteiger partial charge in [0.1, 0.15) is 17.9 Å². The zero-order valence-electron chi connectivity index (χ0n) is 21.7. The van der Waals surface area contributed by atoms with E-state index in [1.807, 2.05) is 0 Å².